The maximum atomic E-state index is 9.16. The molecule has 0 unspecified atom stereocenters. The second kappa shape index (κ2) is 10.7. The third-order valence-corrected chi connectivity index (χ3v) is 5.72. The highest BCUT2D eigenvalue weighted by Crippen LogP contribution is 2.23. The molecule has 0 saturated carbocycles. The first-order valence-corrected chi connectivity index (χ1v) is 11.4. The van der Waals surface area contributed by atoms with Gasteiger partial charge >= 0.3 is 0 Å². The Hall–Kier alpha value is -3.43. The number of aromatic nitrogens is 2. The normalized spacial score (nSPS) is 15.5. The molecular weight excluding hydrogens is 396 g/mol. The Morgan fingerprint density at radius 3 is 2.75 bits per heavy atom. The van der Waals surface area contributed by atoms with Crippen molar-refractivity contribution in [3.63, 3.8) is 0 Å². The van der Waals surface area contributed by atoms with Crippen LogP contribution in [0, 0.1) is 11.3 Å². The standard InChI is InChI=1S/C26H30N6/c1-2-7-22-17-25(31-26(29-22)30-23-11-6-10-21(16-23)18-27)32-15-13-24(19-32)28-14-12-20-8-4-3-5-9-20/h3-6,8-11,16-17,24,28H,2,7,12-15,19H2,1H3,(H,29,30,31)/t24-/m0/s1. The van der Waals surface area contributed by atoms with E-state index < -0.39 is 0 Å². The van der Waals surface area contributed by atoms with E-state index in [1.54, 1.807) is 6.07 Å². The zero-order valence-corrected chi connectivity index (χ0v) is 18.6. The van der Waals surface area contributed by atoms with Crippen LogP contribution < -0.4 is 15.5 Å². The van der Waals surface area contributed by atoms with E-state index in [1.807, 2.05) is 18.2 Å². The lowest BCUT2D eigenvalue weighted by atomic mass is 10.1. The zero-order valence-electron chi connectivity index (χ0n) is 18.6. The molecule has 2 aromatic carbocycles. The van der Waals surface area contributed by atoms with E-state index in [1.165, 1.54) is 5.56 Å². The molecule has 1 aliphatic rings. The number of rotatable bonds is 9. The van der Waals surface area contributed by atoms with Crippen LogP contribution in [0.25, 0.3) is 0 Å². The highest BCUT2D eigenvalue weighted by atomic mass is 15.3. The summed E-state index contributed by atoms with van der Waals surface area (Å²) >= 11 is 0. The van der Waals surface area contributed by atoms with Crippen molar-refractivity contribution in [1.82, 2.24) is 15.3 Å². The molecule has 0 radical (unpaired) electrons. The molecule has 4 rings (SSSR count). The average molecular weight is 427 g/mol. The van der Waals surface area contributed by atoms with Gasteiger partial charge in [-0.3, -0.25) is 0 Å². The van der Waals surface area contributed by atoms with Gasteiger partial charge in [-0.15, -0.1) is 0 Å². The summed E-state index contributed by atoms with van der Waals surface area (Å²) in [5.74, 6) is 1.55. The van der Waals surface area contributed by atoms with Crippen LogP contribution in [-0.2, 0) is 12.8 Å². The molecule has 0 bridgehead atoms. The number of nitrogens with zero attached hydrogens (tertiary/aromatic N) is 4. The summed E-state index contributed by atoms with van der Waals surface area (Å²) in [5, 5.41) is 16.2. The quantitative estimate of drug-likeness (QED) is 0.526. The van der Waals surface area contributed by atoms with Crippen molar-refractivity contribution in [3.05, 3.63) is 77.5 Å². The maximum absolute atomic E-state index is 9.16. The Labute approximate surface area is 190 Å². The summed E-state index contributed by atoms with van der Waals surface area (Å²) < 4.78 is 0. The molecule has 1 aromatic heterocycles. The predicted octanol–water partition coefficient (Wildman–Crippen LogP) is 4.46. The molecule has 164 valence electrons. The van der Waals surface area contributed by atoms with Crippen molar-refractivity contribution in [2.75, 3.05) is 29.9 Å². The highest BCUT2D eigenvalue weighted by Gasteiger charge is 2.24. The van der Waals surface area contributed by atoms with Crippen LogP contribution in [0.1, 0.15) is 36.6 Å². The Morgan fingerprint density at radius 1 is 1.06 bits per heavy atom. The van der Waals surface area contributed by atoms with Crippen molar-refractivity contribution in [2.24, 2.45) is 0 Å². The topological polar surface area (TPSA) is 76.9 Å². The minimum atomic E-state index is 0.465. The minimum Gasteiger partial charge on any atom is -0.355 e. The molecule has 2 N–H and O–H groups in total. The number of aryl methyl sites for hydroxylation is 1. The summed E-state index contributed by atoms with van der Waals surface area (Å²) in [4.78, 5) is 11.8. The van der Waals surface area contributed by atoms with E-state index in [9.17, 15) is 0 Å². The highest BCUT2D eigenvalue weighted by molar-refractivity contribution is 5.58. The molecule has 1 saturated heterocycles. The largest absolute Gasteiger partial charge is 0.355 e. The molecule has 0 aliphatic carbocycles. The van der Waals surface area contributed by atoms with Gasteiger partial charge in [0, 0.05) is 36.6 Å². The Morgan fingerprint density at radius 2 is 1.94 bits per heavy atom. The molecule has 6 heteroatoms. The van der Waals surface area contributed by atoms with Gasteiger partial charge in [0.2, 0.25) is 5.95 Å². The Kier molecular flexibility index (Phi) is 7.31. The first kappa shape index (κ1) is 21.8. The zero-order chi connectivity index (χ0) is 22.2. The van der Waals surface area contributed by atoms with Crippen LogP contribution in [0.4, 0.5) is 17.5 Å². The van der Waals surface area contributed by atoms with E-state index in [0.717, 1.165) is 62.5 Å². The first-order chi connectivity index (χ1) is 15.7. The molecule has 3 aromatic rings. The van der Waals surface area contributed by atoms with Crippen LogP contribution >= 0.6 is 0 Å². The van der Waals surface area contributed by atoms with Crippen molar-refractivity contribution < 1.29 is 0 Å². The summed E-state index contributed by atoms with van der Waals surface area (Å²) in [6.45, 7) is 5.07. The number of nitrogens with one attached hydrogen (secondary N) is 2. The number of benzene rings is 2. The van der Waals surface area contributed by atoms with E-state index in [4.69, 9.17) is 15.2 Å². The summed E-state index contributed by atoms with van der Waals surface area (Å²) in [6.07, 6.45) is 4.09. The van der Waals surface area contributed by atoms with Crippen LogP contribution in [0.3, 0.4) is 0 Å². The van der Waals surface area contributed by atoms with E-state index in [2.05, 4.69) is 64.9 Å². The van der Waals surface area contributed by atoms with Gasteiger partial charge in [-0.05, 0) is 49.6 Å². The van der Waals surface area contributed by atoms with Crippen LogP contribution in [0.2, 0.25) is 0 Å². The summed E-state index contributed by atoms with van der Waals surface area (Å²) in [7, 11) is 0. The lowest BCUT2D eigenvalue weighted by Gasteiger charge is -2.20. The van der Waals surface area contributed by atoms with Crippen LogP contribution in [0.15, 0.2) is 60.7 Å². The number of anilines is 3. The molecule has 0 amide bonds. The third kappa shape index (κ3) is 5.83. The van der Waals surface area contributed by atoms with Gasteiger partial charge in [-0.25, -0.2) is 4.98 Å². The van der Waals surface area contributed by atoms with Gasteiger partial charge in [0.05, 0.1) is 11.6 Å². The van der Waals surface area contributed by atoms with Crippen LogP contribution in [-0.4, -0.2) is 35.6 Å². The fourth-order valence-electron chi connectivity index (χ4n) is 4.08. The monoisotopic (exact) mass is 426 g/mol. The van der Waals surface area contributed by atoms with Gasteiger partial charge in [0.25, 0.3) is 0 Å². The van der Waals surface area contributed by atoms with Crippen molar-refractivity contribution in [1.29, 1.82) is 5.26 Å². The Bertz CT molecular complexity index is 1060. The fraction of sp³-hybridized carbons (Fsp3) is 0.346. The van der Waals surface area contributed by atoms with Crippen molar-refractivity contribution >= 4 is 17.5 Å². The fourth-order valence-corrected chi connectivity index (χ4v) is 4.08. The van der Waals surface area contributed by atoms with E-state index >= 15 is 0 Å². The molecule has 0 spiro atoms. The molecule has 6 nitrogen and oxygen atoms in total. The minimum absolute atomic E-state index is 0.465. The maximum Gasteiger partial charge on any atom is 0.229 e. The molecule has 32 heavy (non-hydrogen) atoms. The molecule has 1 aliphatic heterocycles. The SMILES string of the molecule is CCCc1cc(N2CC[C@H](NCCc3ccccc3)C2)nc(Nc2cccc(C#N)c2)n1. The first-order valence-electron chi connectivity index (χ1n) is 11.4. The number of nitriles is 1. The third-order valence-electron chi connectivity index (χ3n) is 5.72. The van der Waals surface area contributed by atoms with Gasteiger partial charge in [0.15, 0.2) is 0 Å². The second-order valence-electron chi connectivity index (χ2n) is 8.23. The average Bonchev–Trinajstić information content (AvgIpc) is 3.29. The van der Waals surface area contributed by atoms with Crippen molar-refractivity contribution in [3.8, 4) is 6.07 Å². The molecule has 1 atom stereocenters. The predicted molar refractivity (Wildman–Crippen MR) is 129 cm³/mol. The van der Waals surface area contributed by atoms with Crippen LogP contribution in [0.5, 0.6) is 0 Å². The summed E-state index contributed by atoms with van der Waals surface area (Å²) in [5.41, 5.74) is 3.84. The molecular formula is C26H30N6. The molecule has 1 fully saturated rings. The van der Waals surface area contributed by atoms with Gasteiger partial charge in [0.1, 0.15) is 5.82 Å². The lowest BCUT2D eigenvalue weighted by Crippen LogP contribution is -2.34. The van der Waals surface area contributed by atoms with Gasteiger partial charge < -0.3 is 15.5 Å². The van der Waals surface area contributed by atoms with E-state index in [-0.39, 0.29) is 0 Å². The smallest absolute Gasteiger partial charge is 0.229 e. The number of hydrogen-bond donors (Lipinski definition) is 2. The van der Waals surface area contributed by atoms with Crippen molar-refractivity contribution in [2.45, 2.75) is 38.6 Å². The van der Waals surface area contributed by atoms with E-state index in [0.29, 0.717) is 17.6 Å². The number of hydrogen-bond acceptors (Lipinski definition) is 6. The summed E-state index contributed by atoms with van der Waals surface area (Å²) in [6, 6.07) is 22.8. The lowest BCUT2D eigenvalue weighted by molar-refractivity contribution is 0.554. The van der Waals surface area contributed by atoms with Gasteiger partial charge in [-0.1, -0.05) is 49.7 Å². The van der Waals surface area contributed by atoms with Gasteiger partial charge in [-0.2, -0.15) is 10.2 Å². The second-order valence-corrected chi connectivity index (χ2v) is 8.23. The Balaban J connectivity index is 1.41. The molecule has 2 heterocycles.